The minimum atomic E-state index is -3.78. The third kappa shape index (κ3) is 5.87. The quantitative estimate of drug-likeness (QED) is 0.457. The molecule has 2 saturated heterocycles. The summed E-state index contributed by atoms with van der Waals surface area (Å²) in [5.74, 6) is -0.501. The topological polar surface area (TPSA) is 102 Å². The Morgan fingerprint density at radius 3 is 2.38 bits per heavy atom. The van der Waals surface area contributed by atoms with Crippen LogP contribution >= 0.6 is 0 Å². The molecule has 2 aliphatic heterocycles. The number of phenolic OH excluding ortho intramolecular Hbond substituents is 1. The first-order valence-electron chi connectivity index (χ1n) is 12.5. The Balaban J connectivity index is 1.08. The fourth-order valence-electron chi connectivity index (χ4n) is 5.18. The van der Waals surface area contributed by atoms with E-state index in [4.69, 9.17) is 0 Å². The number of phenols is 1. The van der Waals surface area contributed by atoms with Crippen molar-refractivity contribution in [1.29, 1.82) is 0 Å². The number of halogens is 1. The summed E-state index contributed by atoms with van der Waals surface area (Å²) in [7, 11) is -3.78. The molecule has 0 spiro atoms. The Morgan fingerprint density at radius 1 is 0.919 bits per heavy atom. The number of likely N-dealkylation sites (tertiary alicyclic amines) is 1. The van der Waals surface area contributed by atoms with Gasteiger partial charge in [-0.1, -0.05) is 30.3 Å². The largest absolute Gasteiger partial charge is 0.507 e. The number of nitrogens with one attached hydrogen (secondary N) is 2. The number of sulfonamides is 1. The molecule has 3 N–H and O–H groups in total. The van der Waals surface area contributed by atoms with Gasteiger partial charge in [0.2, 0.25) is 10.0 Å². The molecule has 2 heterocycles. The maximum absolute atomic E-state index is 13.4. The second-order valence-corrected chi connectivity index (χ2v) is 11.7. The van der Waals surface area contributed by atoms with Crippen molar-refractivity contribution in [1.82, 2.24) is 19.8 Å². The molecule has 5 rings (SSSR count). The van der Waals surface area contributed by atoms with Crippen LogP contribution in [-0.2, 0) is 16.6 Å². The zero-order valence-electron chi connectivity index (χ0n) is 20.4. The molecule has 0 aromatic heterocycles. The zero-order valence-corrected chi connectivity index (χ0v) is 21.3. The number of urea groups is 1. The molecule has 0 aliphatic carbocycles. The van der Waals surface area contributed by atoms with Crippen LogP contribution in [-0.4, -0.2) is 67.0 Å². The lowest BCUT2D eigenvalue weighted by Gasteiger charge is -2.32. The van der Waals surface area contributed by atoms with Gasteiger partial charge in [-0.3, -0.25) is 4.90 Å². The van der Waals surface area contributed by atoms with Crippen LogP contribution < -0.4 is 10.6 Å². The van der Waals surface area contributed by atoms with E-state index in [1.807, 2.05) is 12.1 Å². The predicted octanol–water partition coefficient (Wildman–Crippen LogP) is 3.41. The molecule has 8 nitrogen and oxygen atoms in total. The molecule has 1 atom stereocenters. The summed E-state index contributed by atoms with van der Waals surface area (Å²) in [4.78, 5) is 14.8. The maximum Gasteiger partial charge on any atom is 0.315 e. The Hall–Kier alpha value is -3.21. The van der Waals surface area contributed by atoms with E-state index in [0.717, 1.165) is 42.4 Å². The fraction of sp³-hybridized carbons (Fsp3) is 0.370. The molecule has 2 amide bonds. The highest BCUT2D eigenvalue weighted by molar-refractivity contribution is 7.89. The van der Waals surface area contributed by atoms with Crippen molar-refractivity contribution in [2.45, 2.75) is 42.8 Å². The number of aromatic hydroxyl groups is 1. The summed E-state index contributed by atoms with van der Waals surface area (Å²) in [6.07, 6.45) is 1.86. The van der Waals surface area contributed by atoms with Gasteiger partial charge in [-0.2, -0.15) is 4.31 Å². The van der Waals surface area contributed by atoms with Crippen LogP contribution in [0.5, 0.6) is 5.75 Å². The SMILES string of the molecule is O=C(NC1CCN(S(=O)(=O)c2ccccc2O)CC1)N[C@@H]1CCN(Cc2ccc3cc(F)ccc3c2)C1. The Morgan fingerprint density at radius 2 is 1.59 bits per heavy atom. The van der Waals surface area contributed by atoms with E-state index in [1.165, 1.54) is 28.6 Å². The van der Waals surface area contributed by atoms with Gasteiger partial charge >= 0.3 is 6.03 Å². The van der Waals surface area contributed by atoms with Crippen LogP contribution in [0, 0.1) is 5.82 Å². The molecule has 0 saturated carbocycles. The summed E-state index contributed by atoms with van der Waals surface area (Å²) in [6.45, 7) is 2.92. The number of para-hydroxylation sites is 1. The smallest absolute Gasteiger partial charge is 0.315 e. The zero-order chi connectivity index (χ0) is 26.0. The lowest BCUT2D eigenvalue weighted by atomic mass is 10.1. The van der Waals surface area contributed by atoms with Gasteiger partial charge in [-0.25, -0.2) is 17.6 Å². The summed E-state index contributed by atoms with van der Waals surface area (Å²) < 4.78 is 40.5. The number of hydrogen-bond acceptors (Lipinski definition) is 5. The van der Waals surface area contributed by atoms with E-state index in [-0.39, 0.29) is 47.7 Å². The van der Waals surface area contributed by atoms with Gasteiger partial charge in [0.25, 0.3) is 0 Å². The maximum atomic E-state index is 13.4. The van der Waals surface area contributed by atoms with Gasteiger partial charge in [0.15, 0.2) is 0 Å². The first-order chi connectivity index (χ1) is 17.8. The highest BCUT2D eigenvalue weighted by atomic mass is 32.2. The minimum Gasteiger partial charge on any atom is -0.507 e. The number of hydrogen-bond donors (Lipinski definition) is 3. The van der Waals surface area contributed by atoms with E-state index in [9.17, 15) is 22.7 Å². The average Bonchev–Trinajstić information content (AvgIpc) is 3.31. The number of nitrogens with zero attached hydrogens (tertiary/aromatic N) is 2. The summed E-state index contributed by atoms with van der Waals surface area (Å²) in [5, 5.41) is 17.9. The van der Waals surface area contributed by atoms with Crippen molar-refractivity contribution in [2.75, 3.05) is 26.2 Å². The van der Waals surface area contributed by atoms with Gasteiger partial charge in [-0.05, 0) is 65.9 Å². The molecule has 0 bridgehead atoms. The predicted molar refractivity (Wildman–Crippen MR) is 139 cm³/mol. The monoisotopic (exact) mass is 526 g/mol. The Bertz CT molecular complexity index is 1390. The van der Waals surface area contributed by atoms with Crippen molar-refractivity contribution in [3.63, 3.8) is 0 Å². The average molecular weight is 527 g/mol. The van der Waals surface area contributed by atoms with Gasteiger partial charge in [0.1, 0.15) is 16.5 Å². The van der Waals surface area contributed by atoms with Crippen LogP contribution in [0.4, 0.5) is 9.18 Å². The summed E-state index contributed by atoms with van der Waals surface area (Å²) >= 11 is 0. The first kappa shape index (κ1) is 25.4. The van der Waals surface area contributed by atoms with E-state index in [0.29, 0.717) is 12.8 Å². The van der Waals surface area contributed by atoms with E-state index < -0.39 is 10.0 Å². The lowest BCUT2D eigenvalue weighted by molar-refractivity contribution is 0.223. The van der Waals surface area contributed by atoms with Crippen molar-refractivity contribution < 1.29 is 22.7 Å². The molecule has 0 radical (unpaired) electrons. The van der Waals surface area contributed by atoms with Gasteiger partial charge in [-0.15, -0.1) is 0 Å². The van der Waals surface area contributed by atoms with Gasteiger partial charge < -0.3 is 15.7 Å². The van der Waals surface area contributed by atoms with Crippen LogP contribution in [0.2, 0.25) is 0 Å². The highest BCUT2D eigenvalue weighted by Crippen LogP contribution is 2.27. The third-order valence-corrected chi connectivity index (χ3v) is 9.10. The molecule has 37 heavy (non-hydrogen) atoms. The van der Waals surface area contributed by atoms with Gasteiger partial charge in [0, 0.05) is 44.8 Å². The number of rotatable bonds is 6. The van der Waals surface area contributed by atoms with Gasteiger partial charge in [0.05, 0.1) is 0 Å². The molecular formula is C27H31FN4O4S. The Kier molecular flexibility index (Phi) is 7.32. The molecule has 3 aromatic rings. The van der Waals surface area contributed by atoms with Crippen LogP contribution in [0.15, 0.2) is 65.6 Å². The summed E-state index contributed by atoms with van der Waals surface area (Å²) in [6, 6.07) is 16.4. The molecule has 196 valence electrons. The van der Waals surface area contributed by atoms with Crippen LogP contribution in [0.3, 0.4) is 0 Å². The number of carbonyl (C=O) groups is 1. The fourth-order valence-corrected chi connectivity index (χ4v) is 6.74. The minimum absolute atomic E-state index is 0.0380. The summed E-state index contributed by atoms with van der Waals surface area (Å²) in [5.41, 5.74) is 1.15. The Labute approximate surface area is 216 Å². The molecule has 2 fully saturated rings. The molecule has 3 aromatic carbocycles. The molecule has 2 aliphatic rings. The van der Waals surface area contributed by atoms with Crippen LogP contribution in [0.25, 0.3) is 10.8 Å². The number of benzene rings is 3. The van der Waals surface area contributed by atoms with Crippen LogP contribution in [0.1, 0.15) is 24.8 Å². The number of fused-ring (bicyclic) bond motifs is 1. The van der Waals surface area contributed by atoms with E-state index in [2.05, 4.69) is 21.6 Å². The molecular weight excluding hydrogens is 495 g/mol. The molecule has 10 heteroatoms. The molecule has 0 unspecified atom stereocenters. The third-order valence-electron chi connectivity index (χ3n) is 7.15. The van der Waals surface area contributed by atoms with Crippen molar-refractivity contribution in [3.05, 3.63) is 72.0 Å². The highest BCUT2D eigenvalue weighted by Gasteiger charge is 2.32. The van der Waals surface area contributed by atoms with E-state index in [1.54, 1.807) is 18.2 Å². The standard InChI is InChI=1S/C27H31FN4O4S/c28-22-8-7-20-15-19(5-6-21(20)16-22)17-31-12-9-24(18-31)30-27(34)29-23-10-13-32(14-11-23)37(35,36)26-4-2-1-3-25(26)33/h1-8,15-16,23-24,33H,9-14,17-18H2,(H2,29,30,34)/t24-/m1/s1. The second kappa shape index (κ2) is 10.6. The van der Waals surface area contributed by atoms with Crippen molar-refractivity contribution >= 4 is 26.8 Å². The van der Waals surface area contributed by atoms with Crippen molar-refractivity contribution in [2.24, 2.45) is 0 Å². The second-order valence-electron chi connectivity index (χ2n) is 9.81. The first-order valence-corrected chi connectivity index (χ1v) is 14.0. The number of carbonyl (C=O) groups excluding carboxylic acids is 1. The number of piperidine rings is 1. The van der Waals surface area contributed by atoms with Crippen molar-refractivity contribution in [3.8, 4) is 5.75 Å². The lowest BCUT2D eigenvalue weighted by Crippen LogP contribution is -2.51. The van der Waals surface area contributed by atoms with E-state index >= 15 is 0 Å². The normalized spacial score (nSPS) is 19.8. The number of amides is 2.